The average Bonchev–Trinajstić information content (AvgIpc) is 2.81. The average molecular weight is 266 g/mol. The van der Waals surface area contributed by atoms with Gasteiger partial charge in [-0.25, -0.2) is 9.97 Å². The van der Waals surface area contributed by atoms with Crippen LogP contribution in [0.3, 0.4) is 0 Å². The first-order chi connectivity index (χ1) is 9.60. The molecule has 102 valence electrons. The molecule has 0 unspecified atom stereocenters. The molecule has 3 aromatic rings. The predicted octanol–water partition coefficient (Wildman–Crippen LogP) is 2.78. The van der Waals surface area contributed by atoms with E-state index in [1.54, 1.807) is 6.33 Å². The van der Waals surface area contributed by atoms with Gasteiger partial charge in [0.25, 0.3) is 0 Å². The minimum Gasteiger partial charge on any atom is -0.325 e. The number of hydrogen-bond acceptors (Lipinski definition) is 3. The van der Waals surface area contributed by atoms with Crippen LogP contribution in [0.25, 0.3) is 16.8 Å². The minimum atomic E-state index is 0.437. The van der Waals surface area contributed by atoms with Crippen LogP contribution in [0.1, 0.15) is 22.4 Å². The molecular weight excluding hydrogens is 248 g/mol. The zero-order valence-electron chi connectivity index (χ0n) is 12.0. The maximum Gasteiger partial charge on any atom is 0.147 e. The Morgan fingerprint density at radius 3 is 2.50 bits per heavy atom. The van der Waals surface area contributed by atoms with E-state index < -0.39 is 0 Å². The van der Waals surface area contributed by atoms with Crippen molar-refractivity contribution in [1.82, 2.24) is 14.4 Å². The van der Waals surface area contributed by atoms with Gasteiger partial charge in [0.05, 0.1) is 5.69 Å². The van der Waals surface area contributed by atoms with Crippen LogP contribution in [0.4, 0.5) is 0 Å². The summed E-state index contributed by atoms with van der Waals surface area (Å²) in [7, 11) is 0. The first kappa shape index (κ1) is 12.8. The summed E-state index contributed by atoms with van der Waals surface area (Å²) >= 11 is 0. The molecule has 20 heavy (non-hydrogen) atoms. The Bertz CT molecular complexity index is 763. The van der Waals surface area contributed by atoms with E-state index in [1.807, 2.05) is 16.8 Å². The highest BCUT2D eigenvalue weighted by Gasteiger charge is 2.13. The molecule has 0 aliphatic rings. The van der Waals surface area contributed by atoms with Crippen LogP contribution in [0.15, 0.2) is 30.9 Å². The summed E-state index contributed by atoms with van der Waals surface area (Å²) in [6.45, 7) is 6.81. The van der Waals surface area contributed by atoms with Crippen LogP contribution >= 0.6 is 0 Å². The van der Waals surface area contributed by atoms with Gasteiger partial charge in [0.15, 0.2) is 0 Å². The fourth-order valence-electron chi connectivity index (χ4n) is 2.85. The summed E-state index contributed by atoms with van der Waals surface area (Å²) in [6, 6.07) is 4.39. The van der Waals surface area contributed by atoms with Gasteiger partial charge in [0.2, 0.25) is 0 Å². The Labute approximate surface area is 118 Å². The molecule has 4 nitrogen and oxygen atoms in total. The molecule has 2 heterocycles. The Balaban J connectivity index is 2.32. The number of benzene rings is 1. The van der Waals surface area contributed by atoms with Crippen molar-refractivity contribution in [3.8, 4) is 11.1 Å². The number of aryl methyl sites for hydroxylation is 3. The first-order valence-electron chi connectivity index (χ1n) is 6.70. The summed E-state index contributed by atoms with van der Waals surface area (Å²) < 4.78 is 1.94. The summed E-state index contributed by atoms with van der Waals surface area (Å²) in [5.74, 6) is 0. The smallest absolute Gasteiger partial charge is 0.147 e. The van der Waals surface area contributed by atoms with E-state index in [4.69, 9.17) is 5.73 Å². The fourth-order valence-corrected chi connectivity index (χ4v) is 2.85. The molecule has 0 aliphatic carbocycles. The van der Waals surface area contributed by atoms with E-state index in [1.165, 1.54) is 22.3 Å². The molecule has 0 saturated heterocycles. The second-order valence-electron chi connectivity index (χ2n) is 5.25. The lowest BCUT2D eigenvalue weighted by molar-refractivity contribution is 1.01. The molecular formula is C16H18N4. The van der Waals surface area contributed by atoms with Crippen LogP contribution < -0.4 is 5.73 Å². The third kappa shape index (κ3) is 1.98. The van der Waals surface area contributed by atoms with Crippen LogP contribution in [0, 0.1) is 20.8 Å². The van der Waals surface area contributed by atoms with Gasteiger partial charge < -0.3 is 5.73 Å². The van der Waals surface area contributed by atoms with E-state index >= 15 is 0 Å². The Morgan fingerprint density at radius 2 is 1.85 bits per heavy atom. The number of fused-ring (bicyclic) bond motifs is 1. The van der Waals surface area contributed by atoms with Crippen molar-refractivity contribution in [1.29, 1.82) is 0 Å². The van der Waals surface area contributed by atoms with Gasteiger partial charge in [0.1, 0.15) is 12.0 Å². The highest BCUT2D eigenvalue weighted by molar-refractivity contribution is 5.81. The number of hydrogen-bond donors (Lipinski definition) is 1. The van der Waals surface area contributed by atoms with Crippen LogP contribution in [-0.4, -0.2) is 14.4 Å². The first-order valence-corrected chi connectivity index (χ1v) is 6.70. The molecule has 0 bridgehead atoms. The van der Waals surface area contributed by atoms with Crippen molar-refractivity contribution in [3.63, 3.8) is 0 Å². The third-order valence-electron chi connectivity index (χ3n) is 3.57. The number of nitrogens with zero attached hydrogens (tertiary/aromatic N) is 3. The van der Waals surface area contributed by atoms with Gasteiger partial charge in [-0.15, -0.1) is 0 Å². The fraction of sp³-hybridized carbons (Fsp3) is 0.250. The van der Waals surface area contributed by atoms with E-state index in [0.717, 1.165) is 16.9 Å². The molecule has 0 aliphatic heterocycles. The summed E-state index contributed by atoms with van der Waals surface area (Å²) in [5.41, 5.74) is 13.5. The monoisotopic (exact) mass is 266 g/mol. The standard InChI is InChI=1S/C16H18N4/c1-10-4-11(2)15(12(3)5-10)14-7-18-9-20-8-13(6-17)19-16(14)20/h4-5,7-9H,6,17H2,1-3H3. The van der Waals surface area contributed by atoms with E-state index in [9.17, 15) is 0 Å². The number of imidazole rings is 1. The molecule has 3 rings (SSSR count). The predicted molar refractivity (Wildman–Crippen MR) is 80.5 cm³/mol. The highest BCUT2D eigenvalue weighted by atomic mass is 15.0. The Kier molecular flexibility index (Phi) is 3.03. The van der Waals surface area contributed by atoms with Gasteiger partial charge in [-0.1, -0.05) is 17.7 Å². The SMILES string of the molecule is Cc1cc(C)c(-c2cncn3cc(CN)nc23)c(C)c1. The molecule has 2 aromatic heterocycles. The van der Waals surface area contributed by atoms with E-state index in [0.29, 0.717) is 6.54 Å². The molecule has 0 amide bonds. The molecule has 0 radical (unpaired) electrons. The van der Waals surface area contributed by atoms with Gasteiger partial charge in [-0.3, -0.25) is 4.40 Å². The molecule has 0 atom stereocenters. The summed E-state index contributed by atoms with van der Waals surface area (Å²) in [5, 5.41) is 0. The zero-order valence-corrected chi connectivity index (χ0v) is 12.0. The maximum absolute atomic E-state index is 5.69. The summed E-state index contributed by atoms with van der Waals surface area (Å²) in [6.07, 6.45) is 5.59. The van der Waals surface area contributed by atoms with Crippen molar-refractivity contribution in [3.05, 3.63) is 53.2 Å². The quantitative estimate of drug-likeness (QED) is 0.776. The maximum atomic E-state index is 5.69. The van der Waals surface area contributed by atoms with Crippen LogP contribution in [0.5, 0.6) is 0 Å². The number of aromatic nitrogens is 3. The number of rotatable bonds is 2. The third-order valence-corrected chi connectivity index (χ3v) is 3.57. The van der Waals surface area contributed by atoms with Gasteiger partial charge >= 0.3 is 0 Å². The normalized spacial score (nSPS) is 11.2. The lowest BCUT2D eigenvalue weighted by Gasteiger charge is -2.12. The lowest BCUT2D eigenvalue weighted by Crippen LogP contribution is -1.96. The van der Waals surface area contributed by atoms with Crippen molar-refractivity contribution < 1.29 is 0 Å². The van der Waals surface area contributed by atoms with Gasteiger partial charge in [-0.05, 0) is 37.5 Å². The van der Waals surface area contributed by atoms with Crippen molar-refractivity contribution in [2.75, 3.05) is 0 Å². The molecule has 2 N–H and O–H groups in total. The molecule has 0 saturated carbocycles. The molecule has 4 heteroatoms. The molecule has 0 spiro atoms. The van der Waals surface area contributed by atoms with Crippen LogP contribution in [0.2, 0.25) is 0 Å². The summed E-state index contributed by atoms with van der Waals surface area (Å²) in [4.78, 5) is 8.93. The second kappa shape index (κ2) is 4.72. The zero-order chi connectivity index (χ0) is 14.3. The van der Waals surface area contributed by atoms with E-state index in [-0.39, 0.29) is 0 Å². The Hall–Kier alpha value is -2.20. The molecule has 1 aromatic carbocycles. The van der Waals surface area contributed by atoms with Gasteiger partial charge in [-0.2, -0.15) is 0 Å². The largest absolute Gasteiger partial charge is 0.325 e. The van der Waals surface area contributed by atoms with Crippen molar-refractivity contribution in [2.45, 2.75) is 27.3 Å². The van der Waals surface area contributed by atoms with Gasteiger partial charge in [0, 0.05) is 24.5 Å². The molecule has 0 fully saturated rings. The lowest BCUT2D eigenvalue weighted by atomic mass is 9.95. The van der Waals surface area contributed by atoms with Crippen molar-refractivity contribution in [2.24, 2.45) is 5.73 Å². The topological polar surface area (TPSA) is 56.2 Å². The number of nitrogens with two attached hydrogens (primary N) is 1. The Morgan fingerprint density at radius 1 is 1.15 bits per heavy atom. The van der Waals surface area contributed by atoms with Crippen LogP contribution in [-0.2, 0) is 6.54 Å². The van der Waals surface area contributed by atoms with Crippen molar-refractivity contribution >= 4 is 5.65 Å². The minimum absolute atomic E-state index is 0.437. The highest BCUT2D eigenvalue weighted by Crippen LogP contribution is 2.30. The van der Waals surface area contributed by atoms with E-state index in [2.05, 4.69) is 42.9 Å². The second-order valence-corrected chi connectivity index (χ2v) is 5.25.